The van der Waals surface area contributed by atoms with Crippen LogP contribution in [-0.2, 0) is 4.79 Å². The van der Waals surface area contributed by atoms with Crippen LogP contribution in [-0.4, -0.2) is 22.5 Å². The van der Waals surface area contributed by atoms with Crippen LogP contribution in [0.1, 0.15) is 10.4 Å². The SMILES string of the molecule is O=CN(c1ccc(C(=O)O)cc1)c1c[nH]c2ccccc12. The van der Waals surface area contributed by atoms with Gasteiger partial charge < -0.3 is 10.1 Å². The number of benzene rings is 2. The Kier molecular flexibility index (Phi) is 3.16. The topological polar surface area (TPSA) is 73.4 Å². The highest BCUT2D eigenvalue weighted by molar-refractivity contribution is 6.01. The van der Waals surface area contributed by atoms with Crippen LogP contribution in [0.25, 0.3) is 10.9 Å². The lowest BCUT2D eigenvalue weighted by Crippen LogP contribution is -2.13. The van der Waals surface area contributed by atoms with E-state index in [1.165, 1.54) is 17.0 Å². The number of nitrogens with one attached hydrogen (secondary N) is 1. The van der Waals surface area contributed by atoms with E-state index in [4.69, 9.17) is 5.11 Å². The highest BCUT2D eigenvalue weighted by atomic mass is 16.4. The number of fused-ring (bicyclic) bond motifs is 1. The molecule has 3 aromatic rings. The average Bonchev–Trinajstić information content (AvgIpc) is 2.93. The molecule has 0 aliphatic heterocycles. The van der Waals surface area contributed by atoms with E-state index in [-0.39, 0.29) is 5.56 Å². The molecule has 0 atom stereocenters. The zero-order valence-electron chi connectivity index (χ0n) is 11.0. The van der Waals surface area contributed by atoms with Crippen molar-refractivity contribution in [2.24, 2.45) is 0 Å². The number of carboxylic acids is 1. The molecule has 0 fully saturated rings. The number of hydrogen-bond acceptors (Lipinski definition) is 2. The summed E-state index contributed by atoms with van der Waals surface area (Å²) in [5.41, 5.74) is 2.45. The molecule has 5 heteroatoms. The molecule has 0 bridgehead atoms. The predicted octanol–water partition coefficient (Wildman–Crippen LogP) is 3.16. The van der Waals surface area contributed by atoms with Crippen LogP contribution >= 0.6 is 0 Å². The molecule has 0 aliphatic carbocycles. The number of rotatable bonds is 4. The van der Waals surface area contributed by atoms with Gasteiger partial charge in [-0.1, -0.05) is 18.2 Å². The van der Waals surface area contributed by atoms with Crippen molar-refractivity contribution in [1.29, 1.82) is 0 Å². The summed E-state index contributed by atoms with van der Waals surface area (Å²) in [4.78, 5) is 26.9. The zero-order valence-corrected chi connectivity index (χ0v) is 11.0. The molecule has 1 heterocycles. The normalized spacial score (nSPS) is 10.5. The standard InChI is InChI=1S/C16H12N2O3/c19-10-18(12-7-5-11(6-8-12)16(20)21)15-9-17-14-4-2-1-3-13(14)15/h1-10,17H,(H,20,21). The summed E-state index contributed by atoms with van der Waals surface area (Å²) in [5.74, 6) is -0.994. The fourth-order valence-electron chi connectivity index (χ4n) is 2.28. The molecule has 0 spiro atoms. The van der Waals surface area contributed by atoms with E-state index in [9.17, 15) is 9.59 Å². The number of anilines is 2. The van der Waals surface area contributed by atoms with Crippen molar-refractivity contribution in [3.8, 4) is 0 Å². The highest BCUT2D eigenvalue weighted by Crippen LogP contribution is 2.31. The molecule has 21 heavy (non-hydrogen) atoms. The molecule has 1 amide bonds. The van der Waals surface area contributed by atoms with Crippen LogP contribution < -0.4 is 4.90 Å². The number of amides is 1. The monoisotopic (exact) mass is 280 g/mol. The van der Waals surface area contributed by atoms with E-state index in [0.29, 0.717) is 12.1 Å². The first-order valence-electron chi connectivity index (χ1n) is 6.34. The van der Waals surface area contributed by atoms with Crippen LogP contribution in [0.4, 0.5) is 11.4 Å². The molecule has 0 aliphatic rings. The van der Waals surface area contributed by atoms with E-state index in [0.717, 1.165) is 16.6 Å². The van der Waals surface area contributed by atoms with Crippen molar-refractivity contribution < 1.29 is 14.7 Å². The first-order valence-corrected chi connectivity index (χ1v) is 6.34. The van der Waals surface area contributed by atoms with Gasteiger partial charge in [0.2, 0.25) is 6.41 Å². The molecule has 0 saturated heterocycles. The molecule has 0 unspecified atom stereocenters. The maximum Gasteiger partial charge on any atom is 0.335 e. The maximum absolute atomic E-state index is 11.5. The van der Waals surface area contributed by atoms with Gasteiger partial charge >= 0.3 is 5.97 Å². The number of carbonyl (C=O) groups excluding carboxylic acids is 1. The van der Waals surface area contributed by atoms with Crippen LogP contribution in [0.2, 0.25) is 0 Å². The average molecular weight is 280 g/mol. The molecule has 0 saturated carbocycles. The Bertz CT molecular complexity index is 806. The third kappa shape index (κ3) is 2.25. The third-order valence-corrected chi connectivity index (χ3v) is 3.32. The van der Waals surface area contributed by atoms with Gasteiger partial charge in [-0.25, -0.2) is 4.79 Å². The molecule has 1 aromatic heterocycles. The second-order valence-corrected chi connectivity index (χ2v) is 4.55. The molecule has 2 N–H and O–H groups in total. The first kappa shape index (κ1) is 12.9. The van der Waals surface area contributed by atoms with Crippen molar-refractivity contribution in [3.05, 3.63) is 60.3 Å². The molecule has 5 nitrogen and oxygen atoms in total. The molecule has 3 rings (SSSR count). The highest BCUT2D eigenvalue weighted by Gasteiger charge is 2.13. The predicted molar refractivity (Wildman–Crippen MR) is 79.9 cm³/mol. The second-order valence-electron chi connectivity index (χ2n) is 4.55. The van der Waals surface area contributed by atoms with Crippen LogP contribution in [0.5, 0.6) is 0 Å². The number of aromatic carboxylic acids is 1. The quantitative estimate of drug-likeness (QED) is 0.721. The van der Waals surface area contributed by atoms with Gasteiger partial charge in [-0.15, -0.1) is 0 Å². The summed E-state index contributed by atoms with van der Waals surface area (Å²) in [6, 6.07) is 13.8. The van der Waals surface area contributed by atoms with Crippen molar-refractivity contribution >= 4 is 34.7 Å². The summed E-state index contributed by atoms with van der Waals surface area (Å²) in [6.45, 7) is 0. The second kappa shape index (κ2) is 5.13. The summed E-state index contributed by atoms with van der Waals surface area (Å²) in [5, 5.41) is 9.83. The van der Waals surface area contributed by atoms with Gasteiger partial charge in [0, 0.05) is 22.8 Å². The largest absolute Gasteiger partial charge is 0.478 e. The first-order chi connectivity index (χ1) is 10.2. The molecule has 2 aromatic carbocycles. The lowest BCUT2D eigenvalue weighted by Gasteiger charge is -2.16. The number of H-pyrrole nitrogens is 1. The number of carbonyl (C=O) groups is 2. The Balaban J connectivity index is 2.05. The number of hydrogen-bond donors (Lipinski definition) is 2. The molecule has 104 valence electrons. The van der Waals surface area contributed by atoms with Gasteiger partial charge in [-0.2, -0.15) is 0 Å². The number of nitrogens with zero attached hydrogens (tertiary/aromatic N) is 1. The number of carboxylic acid groups (broad SMARTS) is 1. The molecular weight excluding hydrogens is 268 g/mol. The Morgan fingerprint density at radius 3 is 2.48 bits per heavy atom. The van der Waals surface area contributed by atoms with E-state index in [2.05, 4.69) is 4.98 Å². The molecule has 0 radical (unpaired) electrons. The fraction of sp³-hybridized carbons (Fsp3) is 0. The summed E-state index contributed by atoms with van der Waals surface area (Å²) < 4.78 is 0. The minimum Gasteiger partial charge on any atom is -0.478 e. The summed E-state index contributed by atoms with van der Waals surface area (Å²) in [7, 11) is 0. The Labute approximate surface area is 120 Å². The van der Waals surface area contributed by atoms with Gasteiger partial charge in [-0.3, -0.25) is 9.69 Å². The lowest BCUT2D eigenvalue weighted by atomic mass is 10.2. The van der Waals surface area contributed by atoms with Crippen molar-refractivity contribution in [3.63, 3.8) is 0 Å². The fourth-order valence-corrected chi connectivity index (χ4v) is 2.28. The zero-order chi connectivity index (χ0) is 14.8. The summed E-state index contributed by atoms with van der Waals surface area (Å²) >= 11 is 0. The van der Waals surface area contributed by atoms with Gasteiger partial charge in [0.15, 0.2) is 0 Å². The van der Waals surface area contributed by atoms with E-state index in [1.807, 2.05) is 24.3 Å². The number of para-hydroxylation sites is 1. The van der Waals surface area contributed by atoms with Crippen LogP contribution in [0.3, 0.4) is 0 Å². The van der Waals surface area contributed by atoms with Gasteiger partial charge in [0.05, 0.1) is 11.3 Å². The van der Waals surface area contributed by atoms with Crippen molar-refractivity contribution in [2.45, 2.75) is 0 Å². The van der Waals surface area contributed by atoms with E-state index in [1.54, 1.807) is 18.3 Å². The van der Waals surface area contributed by atoms with E-state index < -0.39 is 5.97 Å². The van der Waals surface area contributed by atoms with Crippen LogP contribution in [0.15, 0.2) is 54.7 Å². The number of aromatic amines is 1. The van der Waals surface area contributed by atoms with Gasteiger partial charge in [-0.05, 0) is 30.3 Å². The van der Waals surface area contributed by atoms with Crippen LogP contribution in [0, 0.1) is 0 Å². The van der Waals surface area contributed by atoms with Gasteiger partial charge in [0.25, 0.3) is 0 Å². The summed E-state index contributed by atoms with van der Waals surface area (Å²) in [6.07, 6.45) is 2.47. The number of aromatic nitrogens is 1. The van der Waals surface area contributed by atoms with Gasteiger partial charge in [0.1, 0.15) is 0 Å². The Morgan fingerprint density at radius 1 is 1.10 bits per heavy atom. The smallest absolute Gasteiger partial charge is 0.335 e. The third-order valence-electron chi connectivity index (χ3n) is 3.32. The minimum absolute atomic E-state index is 0.184. The van der Waals surface area contributed by atoms with E-state index >= 15 is 0 Å². The maximum atomic E-state index is 11.5. The van der Waals surface area contributed by atoms with Crippen molar-refractivity contribution in [1.82, 2.24) is 4.98 Å². The molecular formula is C16H12N2O3. The van der Waals surface area contributed by atoms with Crippen molar-refractivity contribution in [2.75, 3.05) is 4.90 Å². The Hall–Kier alpha value is -3.08. The Morgan fingerprint density at radius 2 is 1.81 bits per heavy atom. The minimum atomic E-state index is -0.994. The lowest BCUT2D eigenvalue weighted by molar-refractivity contribution is -0.106.